The van der Waals surface area contributed by atoms with Crippen molar-refractivity contribution < 1.29 is 0 Å². The Bertz CT molecular complexity index is 842. The van der Waals surface area contributed by atoms with Crippen LogP contribution < -0.4 is 11.1 Å². The molecule has 1 aromatic carbocycles. The first-order chi connectivity index (χ1) is 12.0. The number of nitrogens with two attached hydrogens (primary N) is 1. The zero-order valence-electron chi connectivity index (χ0n) is 15.7. The lowest BCUT2D eigenvalue weighted by Crippen LogP contribution is -2.19. The minimum Gasteiger partial charge on any atom is -0.338 e. The summed E-state index contributed by atoms with van der Waals surface area (Å²) in [6.07, 6.45) is 4.11. The van der Waals surface area contributed by atoms with E-state index >= 15 is 0 Å². The van der Waals surface area contributed by atoms with E-state index in [-0.39, 0.29) is 5.41 Å². The third kappa shape index (κ3) is 4.02. The molecule has 4 nitrogen and oxygen atoms in total. The maximum Gasteiger partial charge on any atom is 0.0784 e. The van der Waals surface area contributed by atoms with E-state index in [4.69, 9.17) is 10.7 Å². The first-order valence-corrected chi connectivity index (χ1v) is 9.27. The fourth-order valence-corrected chi connectivity index (χ4v) is 3.44. The van der Waals surface area contributed by atoms with Crippen LogP contribution in [0.3, 0.4) is 0 Å². The number of nitrogens with zero attached hydrogens (tertiary/aromatic N) is 2. The van der Waals surface area contributed by atoms with E-state index in [0.29, 0.717) is 0 Å². The van der Waals surface area contributed by atoms with E-state index in [1.165, 1.54) is 21.8 Å². The molecule has 2 heterocycles. The van der Waals surface area contributed by atoms with Crippen molar-refractivity contribution >= 4 is 21.8 Å². The van der Waals surface area contributed by atoms with Crippen molar-refractivity contribution in [3.05, 3.63) is 42.2 Å². The zero-order chi connectivity index (χ0) is 17.9. The highest BCUT2D eigenvalue weighted by atomic mass is 15.0. The summed E-state index contributed by atoms with van der Waals surface area (Å²) < 4.78 is 2.45. The van der Waals surface area contributed by atoms with Gasteiger partial charge in [0.15, 0.2) is 0 Å². The van der Waals surface area contributed by atoms with Gasteiger partial charge in [0, 0.05) is 35.6 Å². The van der Waals surface area contributed by atoms with Gasteiger partial charge < -0.3 is 15.6 Å². The van der Waals surface area contributed by atoms with Crippen molar-refractivity contribution in [3.63, 3.8) is 0 Å². The van der Waals surface area contributed by atoms with E-state index in [0.717, 1.165) is 44.7 Å². The molecule has 3 rings (SSSR count). The van der Waals surface area contributed by atoms with Gasteiger partial charge in [0.1, 0.15) is 0 Å². The molecule has 0 bridgehead atoms. The summed E-state index contributed by atoms with van der Waals surface area (Å²) in [4.78, 5) is 4.70. The Hall–Kier alpha value is -1.91. The summed E-state index contributed by atoms with van der Waals surface area (Å²) in [6.45, 7) is 10.4. The summed E-state index contributed by atoms with van der Waals surface area (Å²) in [6, 6.07) is 10.8. The molecule has 0 fully saturated rings. The molecule has 3 aromatic rings. The van der Waals surface area contributed by atoms with Crippen LogP contribution in [-0.2, 0) is 13.1 Å². The molecule has 25 heavy (non-hydrogen) atoms. The number of pyridine rings is 1. The molecule has 134 valence electrons. The number of rotatable bonds is 7. The van der Waals surface area contributed by atoms with Gasteiger partial charge in [-0.3, -0.25) is 4.98 Å². The molecule has 0 atom stereocenters. The summed E-state index contributed by atoms with van der Waals surface area (Å²) in [5, 5.41) is 6.14. The first kappa shape index (κ1) is 17.9. The SMILES string of the molecule is CC(C)(C)Cn1c2ccccc2c2ccnc(CNCCCCN)c21. The molecule has 2 aromatic heterocycles. The molecule has 0 amide bonds. The van der Waals surface area contributed by atoms with E-state index in [2.05, 4.69) is 61.0 Å². The quantitative estimate of drug-likeness (QED) is 0.639. The van der Waals surface area contributed by atoms with Crippen LogP contribution in [-0.4, -0.2) is 22.6 Å². The summed E-state index contributed by atoms with van der Waals surface area (Å²) in [5.41, 5.74) is 9.47. The van der Waals surface area contributed by atoms with Gasteiger partial charge in [-0.05, 0) is 43.5 Å². The molecular weight excluding hydrogens is 308 g/mol. The summed E-state index contributed by atoms with van der Waals surface area (Å²) in [5.74, 6) is 0. The molecule has 0 saturated heterocycles. The van der Waals surface area contributed by atoms with Gasteiger partial charge in [-0.1, -0.05) is 39.0 Å². The highest BCUT2D eigenvalue weighted by Crippen LogP contribution is 2.32. The van der Waals surface area contributed by atoms with Crippen molar-refractivity contribution in [2.24, 2.45) is 11.1 Å². The molecule has 0 aliphatic carbocycles. The van der Waals surface area contributed by atoms with Gasteiger partial charge >= 0.3 is 0 Å². The van der Waals surface area contributed by atoms with Crippen LogP contribution in [0.5, 0.6) is 0 Å². The molecule has 4 heteroatoms. The number of unbranched alkanes of at least 4 members (excludes halogenated alkanes) is 1. The van der Waals surface area contributed by atoms with Gasteiger partial charge in [-0.2, -0.15) is 0 Å². The number of hydrogen-bond donors (Lipinski definition) is 2. The van der Waals surface area contributed by atoms with Crippen LogP contribution in [0.25, 0.3) is 21.8 Å². The number of nitrogens with one attached hydrogen (secondary N) is 1. The smallest absolute Gasteiger partial charge is 0.0784 e. The van der Waals surface area contributed by atoms with Gasteiger partial charge in [-0.25, -0.2) is 0 Å². The topological polar surface area (TPSA) is 55.9 Å². The van der Waals surface area contributed by atoms with Crippen molar-refractivity contribution in [2.75, 3.05) is 13.1 Å². The Labute approximate surface area is 150 Å². The van der Waals surface area contributed by atoms with E-state index in [9.17, 15) is 0 Å². The van der Waals surface area contributed by atoms with Crippen molar-refractivity contribution in [2.45, 2.75) is 46.7 Å². The highest BCUT2D eigenvalue weighted by Gasteiger charge is 2.19. The van der Waals surface area contributed by atoms with Crippen LogP contribution in [0.2, 0.25) is 0 Å². The van der Waals surface area contributed by atoms with Crippen LogP contribution in [0, 0.1) is 5.41 Å². The third-order valence-electron chi connectivity index (χ3n) is 4.49. The Morgan fingerprint density at radius 2 is 1.88 bits per heavy atom. The van der Waals surface area contributed by atoms with Crippen LogP contribution in [0.1, 0.15) is 39.3 Å². The Morgan fingerprint density at radius 1 is 1.08 bits per heavy atom. The normalized spacial score (nSPS) is 12.3. The molecule has 0 radical (unpaired) electrons. The lowest BCUT2D eigenvalue weighted by atomic mass is 9.96. The van der Waals surface area contributed by atoms with Crippen LogP contribution in [0.4, 0.5) is 0 Å². The average molecular weight is 338 g/mol. The fraction of sp³-hybridized carbons (Fsp3) is 0.476. The number of fused-ring (bicyclic) bond motifs is 3. The van der Waals surface area contributed by atoms with Crippen molar-refractivity contribution in [3.8, 4) is 0 Å². The van der Waals surface area contributed by atoms with Gasteiger partial charge in [-0.15, -0.1) is 0 Å². The lowest BCUT2D eigenvalue weighted by Gasteiger charge is -2.21. The predicted molar refractivity (Wildman–Crippen MR) is 107 cm³/mol. The van der Waals surface area contributed by atoms with Crippen molar-refractivity contribution in [1.29, 1.82) is 0 Å². The van der Waals surface area contributed by atoms with Crippen LogP contribution >= 0.6 is 0 Å². The Balaban J connectivity index is 2.03. The lowest BCUT2D eigenvalue weighted by molar-refractivity contribution is 0.354. The minimum absolute atomic E-state index is 0.205. The first-order valence-electron chi connectivity index (χ1n) is 9.27. The maximum absolute atomic E-state index is 5.57. The predicted octanol–water partition coefficient (Wildman–Crippen LogP) is 4.06. The third-order valence-corrected chi connectivity index (χ3v) is 4.49. The number of hydrogen-bond acceptors (Lipinski definition) is 3. The van der Waals surface area contributed by atoms with Crippen molar-refractivity contribution in [1.82, 2.24) is 14.9 Å². The molecule has 0 aliphatic heterocycles. The number of aromatic nitrogens is 2. The monoisotopic (exact) mass is 338 g/mol. The second kappa shape index (κ2) is 7.54. The van der Waals surface area contributed by atoms with Gasteiger partial charge in [0.2, 0.25) is 0 Å². The molecule has 0 aliphatic rings. The highest BCUT2D eigenvalue weighted by molar-refractivity contribution is 6.08. The average Bonchev–Trinajstić information content (AvgIpc) is 2.88. The second-order valence-electron chi connectivity index (χ2n) is 7.99. The fourth-order valence-electron chi connectivity index (χ4n) is 3.44. The molecule has 0 spiro atoms. The molecular formula is C21H30N4. The Kier molecular flexibility index (Phi) is 5.40. The zero-order valence-corrected chi connectivity index (χ0v) is 15.7. The van der Waals surface area contributed by atoms with E-state index in [1.807, 2.05) is 6.20 Å². The molecule has 0 unspecified atom stereocenters. The number of para-hydroxylation sites is 1. The largest absolute Gasteiger partial charge is 0.338 e. The van der Waals surface area contributed by atoms with E-state index < -0.39 is 0 Å². The summed E-state index contributed by atoms with van der Waals surface area (Å²) in [7, 11) is 0. The Morgan fingerprint density at radius 3 is 2.64 bits per heavy atom. The molecule has 0 saturated carbocycles. The molecule has 3 N–H and O–H groups in total. The second-order valence-corrected chi connectivity index (χ2v) is 7.99. The van der Waals surface area contributed by atoms with Gasteiger partial charge in [0.05, 0.1) is 11.2 Å². The number of benzene rings is 1. The van der Waals surface area contributed by atoms with E-state index in [1.54, 1.807) is 0 Å². The standard InChI is InChI=1S/C21H30N4/c1-21(2,3)15-25-19-9-5-4-8-16(19)17-10-13-24-18(20(17)25)14-23-12-7-6-11-22/h4-5,8-10,13,23H,6-7,11-12,14-15,22H2,1-3H3. The maximum atomic E-state index is 5.57. The van der Waals surface area contributed by atoms with Crippen LogP contribution in [0.15, 0.2) is 36.5 Å². The minimum atomic E-state index is 0.205. The summed E-state index contributed by atoms with van der Waals surface area (Å²) >= 11 is 0. The van der Waals surface area contributed by atoms with Gasteiger partial charge in [0.25, 0.3) is 0 Å².